The molecule has 2 atom stereocenters. The van der Waals surface area contributed by atoms with Gasteiger partial charge in [0.05, 0.1) is 6.04 Å². The first kappa shape index (κ1) is 12.3. The predicted octanol–water partition coefficient (Wildman–Crippen LogP) is 2.11. The van der Waals surface area contributed by atoms with Crippen LogP contribution in [0.1, 0.15) is 31.4 Å². The molecule has 2 N–H and O–H groups in total. The number of aryl methyl sites for hydroxylation is 1. The molecule has 0 aromatic carbocycles. The summed E-state index contributed by atoms with van der Waals surface area (Å²) < 4.78 is 5.60. The van der Waals surface area contributed by atoms with Crippen LogP contribution in [0.25, 0.3) is 0 Å². The van der Waals surface area contributed by atoms with Crippen LogP contribution >= 0.6 is 0 Å². The maximum atomic E-state index is 9.38. The molecule has 3 heteroatoms. The molecule has 0 fully saturated rings. The van der Waals surface area contributed by atoms with Crippen molar-refractivity contribution in [3.63, 3.8) is 0 Å². The zero-order valence-electron chi connectivity index (χ0n) is 9.95. The summed E-state index contributed by atoms with van der Waals surface area (Å²) in [7, 11) is 1.90. The molecule has 0 saturated carbocycles. The van der Waals surface area contributed by atoms with Gasteiger partial charge in [-0.25, -0.2) is 0 Å². The fourth-order valence-electron chi connectivity index (χ4n) is 1.89. The molecule has 1 aromatic heterocycles. The number of aliphatic hydroxyl groups excluding tert-OH is 1. The van der Waals surface area contributed by atoms with Crippen molar-refractivity contribution < 1.29 is 9.52 Å². The highest BCUT2D eigenvalue weighted by Gasteiger charge is 2.26. The van der Waals surface area contributed by atoms with Gasteiger partial charge in [-0.1, -0.05) is 13.8 Å². The number of hydrogen-bond donors (Lipinski definition) is 2. The SMILES string of the molecule is CNC(c1ccc(C)o1)C(CO)C(C)C. The van der Waals surface area contributed by atoms with Crippen LogP contribution in [0.3, 0.4) is 0 Å². The van der Waals surface area contributed by atoms with Gasteiger partial charge in [0.1, 0.15) is 11.5 Å². The molecule has 1 rings (SSSR count). The van der Waals surface area contributed by atoms with E-state index in [0.29, 0.717) is 5.92 Å². The summed E-state index contributed by atoms with van der Waals surface area (Å²) in [4.78, 5) is 0. The molecule has 86 valence electrons. The summed E-state index contributed by atoms with van der Waals surface area (Å²) >= 11 is 0. The van der Waals surface area contributed by atoms with E-state index in [9.17, 15) is 5.11 Å². The average Bonchev–Trinajstić information content (AvgIpc) is 2.60. The second kappa shape index (κ2) is 5.33. The topological polar surface area (TPSA) is 45.4 Å². The third kappa shape index (κ3) is 2.83. The van der Waals surface area contributed by atoms with Gasteiger partial charge in [-0.15, -0.1) is 0 Å². The van der Waals surface area contributed by atoms with Gasteiger partial charge in [-0.05, 0) is 32.0 Å². The van der Waals surface area contributed by atoms with Gasteiger partial charge in [-0.3, -0.25) is 0 Å². The van der Waals surface area contributed by atoms with Gasteiger partial charge in [0.25, 0.3) is 0 Å². The van der Waals surface area contributed by atoms with Crippen LogP contribution in [0.5, 0.6) is 0 Å². The van der Waals surface area contributed by atoms with Gasteiger partial charge < -0.3 is 14.8 Å². The van der Waals surface area contributed by atoms with E-state index in [-0.39, 0.29) is 18.6 Å². The normalized spacial score (nSPS) is 15.6. The van der Waals surface area contributed by atoms with Crippen molar-refractivity contribution in [2.24, 2.45) is 11.8 Å². The molecule has 0 aliphatic carbocycles. The lowest BCUT2D eigenvalue weighted by Gasteiger charge is -2.26. The van der Waals surface area contributed by atoms with Crippen LogP contribution in [0.15, 0.2) is 16.5 Å². The van der Waals surface area contributed by atoms with Crippen LogP contribution in [-0.2, 0) is 0 Å². The first-order chi connectivity index (χ1) is 7.10. The van der Waals surface area contributed by atoms with Crippen molar-refractivity contribution in [3.05, 3.63) is 23.7 Å². The van der Waals surface area contributed by atoms with Crippen LogP contribution < -0.4 is 5.32 Å². The van der Waals surface area contributed by atoms with E-state index in [1.807, 2.05) is 26.1 Å². The van der Waals surface area contributed by atoms with Gasteiger partial charge in [0.2, 0.25) is 0 Å². The Kier molecular flexibility index (Phi) is 4.36. The molecule has 0 aliphatic heterocycles. The van der Waals surface area contributed by atoms with Crippen LogP contribution in [0.2, 0.25) is 0 Å². The van der Waals surface area contributed by atoms with Crippen molar-refractivity contribution in [2.45, 2.75) is 26.8 Å². The number of aliphatic hydroxyl groups is 1. The maximum absolute atomic E-state index is 9.38. The van der Waals surface area contributed by atoms with Crippen LogP contribution in [0.4, 0.5) is 0 Å². The molecule has 1 heterocycles. The predicted molar refractivity (Wildman–Crippen MR) is 60.7 cm³/mol. The summed E-state index contributed by atoms with van der Waals surface area (Å²) in [5.41, 5.74) is 0. The molecule has 15 heavy (non-hydrogen) atoms. The highest BCUT2D eigenvalue weighted by molar-refractivity contribution is 5.11. The summed E-state index contributed by atoms with van der Waals surface area (Å²) in [5, 5.41) is 12.6. The molecule has 0 aliphatic rings. The Morgan fingerprint density at radius 2 is 2.07 bits per heavy atom. The number of furan rings is 1. The third-order valence-corrected chi connectivity index (χ3v) is 2.87. The van der Waals surface area contributed by atoms with E-state index in [1.54, 1.807) is 0 Å². The minimum absolute atomic E-state index is 0.0868. The third-order valence-electron chi connectivity index (χ3n) is 2.87. The second-order valence-electron chi connectivity index (χ2n) is 4.31. The van der Waals surface area contributed by atoms with Crippen molar-refractivity contribution in [1.29, 1.82) is 0 Å². The fourth-order valence-corrected chi connectivity index (χ4v) is 1.89. The zero-order chi connectivity index (χ0) is 11.4. The lowest BCUT2D eigenvalue weighted by atomic mass is 9.88. The van der Waals surface area contributed by atoms with E-state index in [2.05, 4.69) is 19.2 Å². The number of rotatable bonds is 5. The zero-order valence-corrected chi connectivity index (χ0v) is 9.95. The van der Waals surface area contributed by atoms with E-state index in [0.717, 1.165) is 11.5 Å². The van der Waals surface area contributed by atoms with Gasteiger partial charge in [0, 0.05) is 12.5 Å². The highest BCUT2D eigenvalue weighted by Crippen LogP contribution is 2.28. The monoisotopic (exact) mass is 211 g/mol. The first-order valence-corrected chi connectivity index (χ1v) is 5.44. The minimum Gasteiger partial charge on any atom is -0.465 e. The second-order valence-corrected chi connectivity index (χ2v) is 4.31. The molecular weight excluding hydrogens is 190 g/mol. The van der Waals surface area contributed by atoms with E-state index >= 15 is 0 Å². The summed E-state index contributed by atoms with van der Waals surface area (Å²) in [6, 6.07) is 4.01. The molecule has 0 radical (unpaired) electrons. The summed E-state index contributed by atoms with van der Waals surface area (Å²) in [6.45, 7) is 6.32. The quantitative estimate of drug-likeness (QED) is 0.784. The Labute approximate surface area is 91.5 Å². The highest BCUT2D eigenvalue weighted by atomic mass is 16.3. The van der Waals surface area contributed by atoms with E-state index in [4.69, 9.17) is 4.42 Å². The molecular formula is C12H21NO2. The first-order valence-electron chi connectivity index (χ1n) is 5.44. The van der Waals surface area contributed by atoms with Crippen molar-refractivity contribution in [3.8, 4) is 0 Å². The summed E-state index contributed by atoms with van der Waals surface area (Å²) in [5.74, 6) is 2.41. The fraction of sp³-hybridized carbons (Fsp3) is 0.667. The Hall–Kier alpha value is -0.800. The van der Waals surface area contributed by atoms with Gasteiger partial charge in [0.15, 0.2) is 0 Å². The van der Waals surface area contributed by atoms with Crippen molar-refractivity contribution in [1.82, 2.24) is 5.32 Å². The molecule has 3 nitrogen and oxygen atoms in total. The standard InChI is InChI=1S/C12H21NO2/c1-8(2)10(7-14)12(13-4)11-6-5-9(3)15-11/h5-6,8,10,12-14H,7H2,1-4H3. The molecule has 2 unspecified atom stereocenters. The van der Waals surface area contributed by atoms with Gasteiger partial charge in [-0.2, -0.15) is 0 Å². The Morgan fingerprint density at radius 1 is 1.40 bits per heavy atom. The summed E-state index contributed by atoms with van der Waals surface area (Å²) in [6.07, 6.45) is 0. The smallest absolute Gasteiger partial charge is 0.121 e. The number of nitrogens with one attached hydrogen (secondary N) is 1. The largest absolute Gasteiger partial charge is 0.465 e. The molecule has 0 bridgehead atoms. The lowest BCUT2D eigenvalue weighted by molar-refractivity contribution is 0.143. The lowest BCUT2D eigenvalue weighted by Crippen LogP contribution is -2.30. The maximum Gasteiger partial charge on any atom is 0.121 e. The molecule has 0 amide bonds. The average molecular weight is 211 g/mol. The Balaban J connectivity index is 2.86. The molecule has 0 spiro atoms. The van der Waals surface area contributed by atoms with Crippen LogP contribution in [-0.4, -0.2) is 18.8 Å². The Morgan fingerprint density at radius 3 is 2.40 bits per heavy atom. The minimum atomic E-state index is 0.0868. The van der Waals surface area contributed by atoms with Crippen LogP contribution in [0, 0.1) is 18.8 Å². The molecule has 0 saturated heterocycles. The van der Waals surface area contributed by atoms with E-state index in [1.165, 1.54) is 0 Å². The number of hydrogen-bond acceptors (Lipinski definition) is 3. The Bertz CT molecular complexity index is 294. The molecule has 1 aromatic rings. The van der Waals surface area contributed by atoms with Gasteiger partial charge >= 0.3 is 0 Å². The van der Waals surface area contributed by atoms with E-state index < -0.39 is 0 Å². The van der Waals surface area contributed by atoms with Crippen molar-refractivity contribution in [2.75, 3.05) is 13.7 Å². The van der Waals surface area contributed by atoms with Crippen molar-refractivity contribution >= 4 is 0 Å².